The van der Waals surface area contributed by atoms with E-state index in [-0.39, 0.29) is 5.82 Å². The molecular weight excluding hydrogens is 268 g/mol. The number of H-pyrrole nitrogens is 1. The van der Waals surface area contributed by atoms with Gasteiger partial charge in [0.2, 0.25) is 0 Å². The van der Waals surface area contributed by atoms with Crippen molar-refractivity contribution in [2.45, 2.75) is 5.75 Å². The number of aromatic amines is 1. The fourth-order valence-corrected chi connectivity index (χ4v) is 4.37. The first-order valence-corrected chi connectivity index (χ1v) is 7.75. The smallest absolute Gasteiger partial charge is 0.354 e. The Hall–Kier alpha value is -0.783. The predicted octanol–water partition coefficient (Wildman–Crippen LogP) is -0.369. The zero-order valence-electron chi connectivity index (χ0n) is 9.67. The van der Waals surface area contributed by atoms with E-state index < -0.39 is 24.9 Å². The number of nitrogens with one attached hydrogen (secondary N) is 1. The van der Waals surface area contributed by atoms with E-state index >= 15 is 0 Å². The number of imidazole rings is 1. The molecule has 1 aromatic heterocycles. The van der Waals surface area contributed by atoms with Crippen LogP contribution in [-0.2, 0) is 33.0 Å². The highest BCUT2D eigenvalue weighted by Gasteiger charge is 2.47. The van der Waals surface area contributed by atoms with Crippen LogP contribution in [0.25, 0.3) is 0 Å². The fourth-order valence-electron chi connectivity index (χ4n) is 1.08. The van der Waals surface area contributed by atoms with Crippen molar-refractivity contribution in [1.82, 2.24) is 9.97 Å². The summed E-state index contributed by atoms with van der Waals surface area (Å²) in [6, 6.07) is 0. The minimum Gasteiger partial charge on any atom is -0.354 e. The Morgan fingerprint density at radius 3 is 2.29 bits per heavy atom. The van der Waals surface area contributed by atoms with Gasteiger partial charge >= 0.3 is 9.05 Å². The van der Waals surface area contributed by atoms with Gasteiger partial charge in [-0.1, -0.05) is 0 Å². The van der Waals surface area contributed by atoms with Gasteiger partial charge in [0.25, 0.3) is 10.1 Å². The van der Waals surface area contributed by atoms with Gasteiger partial charge in [0.1, 0.15) is 11.6 Å². The first-order chi connectivity index (χ1) is 7.97. The van der Waals surface area contributed by atoms with Crippen LogP contribution in [0.1, 0.15) is 5.82 Å². The van der Waals surface area contributed by atoms with E-state index in [1.165, 1.54) is 33.7 Å². The van der Waals surface area contributed by atoms with E-state index in [1.807, 2.05) is 0 Å². The van der Waals surface area contributed by atoms with Crippen molar-refractivity contribution in [3.8, 4) is 0 Å². The molecule has 0 radical (unpaired) electrons. The molecule has 0 amide bonds. The third-order valence-electron chi connectivity index (χ3n) is 1.85. The van der Waals surface area contributed by atoms with Gasteiger partial charge in [0, 0.05) is 33.7 Å². The van der Waals surface area contributed by atoms with Crippen LogP contribution in [0.15, 0.2) is 12.4 Å². The zero-order valence-corrected chi connectivity index (χ0v) is 11.5. The Morgan fingerprint density at radius 1 is 1.29 bits per heavy atom. The minimum absolute atomic E-state index is 0.260. The van der Waals surface area contributed by atoms with E-state index in [1.54, 1.807) is 0 Å². The molecule has 0 fully saturated rings. The summed E-state index contributed by atoms with van der Waals surface area (Å²) in [4.78, 5) is 6.44. The molecule has 98 valence electrons. The third-order valence-corrected chi connectivity index (χ3v) is 5.81. The molecule has 0 aliphatic rings. The third kappa shape index (κ3) is 3.87. The van der Waals surface area contributed by atoms with Crippen LogP contribution >= 0.6 is 0 Å². The Balaban J connectivity index is 2.78. The van der Waals surface area contributed by atoms with Gasteiger partial charge in [-0.05, 0) is 0 Å². The van der Waals surface area contributed by atoms with E-state index in [9.17, 15) is 8.42 Å². The molecule has 1 heterocycles. The predicted molar refractivity (Wildman–Crippen MR) is 59.1 cm³/mol. The summed E-state index contributed by atoms with van der Waals surface area (Å²) in [5, 5.41) is 0. The van der Waals surface area contributed by atoms with Gasteiger partial charge in [-0.25, -0.2) is 8.86 Å². The highest BCUT2D eigenvalue weighted by Crippen LogP contribution is 2.14. The second kappa shape index (κ2) is 5.71. The number of aromatic nitrogens is 2. The van der Waals surface area contributed by atoms with Crippen molar-refractivity contribution < 1.29 is 25.6 Å². The first-order valence-electron chi connectivity index (χ1n) is 4.54. The van der Waals surface area contributed by atoms with Crippen molar-refractivity contribution >= 4 is 19.2 Å². The molecule has 8 nitrogen and oxygen atoms in total. The zero-order chi connectivity index (χ0) is 12.9. The number of hydrogen-bond acceptors (Lipinski definition) is 7. The van der Waals surface area contributed by atoms with Crippen molar-refractivity contribution in [1.29, 1.82) is 0 Å². The Morgan fingerprint density at radius 2 is 1.88 bits per heavy atom. The molecule has 1 rings (SSSR count). The Bertz CT molecular complexity index is 421. The molecule has 0 aromatic carbocycles. The van der Waals surface area contributed by atoms with Crippen LogP contribution < -0.4 is 0 Å². The maximum Gasteiger partial charge on any atom is 0.693 e. The fraction of sp³-hybridized carbons (Fsp3) is 0.571. The van der Waals surface area contributed by atoms with Gasteiger partial charge in [-0.3, -0.25) is 0 Å². The summed E-state index contributed by atoms with van der Waals surface area (Å²) in [5.74, 6) is -0.151. The molecule has 0 atom stereocenters. The van der Waals surface area contributed by atoms with E-state index in [2.05, 4.69) is 9.97 Å². The summed E-state index contributed by atoms with van der Waals surface area (Å²) < 4.78 is 42.8. The largest absolute Gasteiger partial charge is 0.693 e. The van der Waals surface area contributed by atoms with Gasteiger partial charge in [-0.15, -0.1) is 0 Å². The molecule has 0 bridgehead atoms. The second-order valence-electron chi connectivity index (χ2n) is 2.93. The molecule has 17 heavy (non-hydrogen) atoms. The highest BCUT2D eigenvalue weighted by atomic mass is 32.2. The van der Waals surface area contributed by atoms with Gasteiger partial charge in [0.15, 0.2) is 0 Å². The highest BCUT2D eigenvalue weighted by molar-refractivity contribution is 7.86. The van der Waals surface area contributed by atoms with Crippen molar-refractivity contribution in [2.24, 2.45) is 0 Å². The van der Waals surface area contributed by atoms with Gasteiger partial charge in [-0.2, -0.15) is 8.42 Å². The Kier molecular flexibility index (Phi) is 4.79. The molecule has 1 N–H and O–H groups in total. The number of nitrogens with zero attached hydrogens (tertiary/aromatic N) is 1. The van der Waals surface area contributed by atoms with E-state index in [4.69, 9.17) is 17.2 Å². The van der Waals surface area contributed by atoms with Crippen molar-refractivity contribution in [2.75, 3.05) is 21.3 Å². The molecule has 0 saturated heterocycles. The van der Waals surface area contributed by atoms with Crippen LogP contribution in [0.5, 0.6) is 0 Å². The average molecular weight is 282 g/mol. The van der Waals surface area contributed by atoms with E-state index in [0.717, 1.165) is 0 Å². The normalized spacial score (nSPS) is 12.9. The minimum atomic E-state index is -3.91. The Labute approximate surface area is 100 Å². The average Bonchev–Trinajstić information content (AvgIpc) is 2.78. The first kappa shape index (κ1) is 14.3. The summed E-state index contributed by atoms with van der Waals surface area (Å²) in [7, 11) is -3.77. The van der Waals surface area contributed by atoms with Crippen LogP contribution in [0, 0.1) is 0 Å². The molecule has 0 aliphatic heterocycles. The standard InChI is InChI=1S/C7H14N2O6SSi/c1-12-17(13-2,14-3)15-16(10,11)6-7-8-4-5-9-7/h4-5H,6H2,1-3H3,(H,8,9). The summed E-state index contributed by atoms with van der Waals surface area (Å²) in [6.45, 7) is 0. The maximum atomic E-state index is 11.7. The molecule has 1 aromatic rings. The van der Waals surface area contributed by atoms with Crippen LogP contribution in [-0.4, -0.2) is 48.8 Å². The van der Waals surface area contributed by atoms with Crippen LogP contribution in [0.2, 0.25) is 0 Å². The molecule has 0 unspecified atom stereocenters. The molecule has 0 aliphatic carbocycles. The second-order valence-corrected chi connectivity index (χ2v) is 7.23. The maximum absolute atomic E-state index is 11.7. The SMILES string of the molecule is CO[Si](OC)(OC)OS(=O)(=O)Cc1ncc[nH]1. The van der Waals surface area contributed by atoms with Crippen molar-refractivity contribution in [3.63, 3.8) is 0 Å². The molecule has 10 heteroatoms. The topological polar surface area (TPSA) is 99.7 Å². The molecule has 0 spiro atoms. The molecular formula is C7H14N2O6SSi. The lowest BCUT2D eigenvalue weighted by molar-refractivity contribution is 0.0536. The monoisotopic (exact) mass is 282 g/mol. The number of rotatable bonds is 7. The molecule has 0 saturated carbocycles. The lowest BCUT2D eigenvalue weighted by Crippen LogP contribution is -2.48. The van der Waals surface area contributed by atoms with Gasteiger partial charge in [0.05, 0.1) is 0 Å². The number of hydrogen-bond donors (Lipinski definition) is 1. The van der Waals surface area contributed by atoms with Gasteiger partial charge < -0.3 is 18.3 Å². The lowest BCUT2D eigenvalue weighted by atomic mass is 10.7. The van der Waals surface area contributed by atoms with Crippen LogP contribution in [0.4, 0.5) is 0 Å². The summed E-state index contributed by atoms with van der Waals surface area (Å²) in [6.07, 6.45) is 2.96. The van der Waals surface area contributed by atoms with Crippen molar-refractivity contribution in [3.05, 3.63) is 18.2 Å². The summed E-state index contributed by atoms with van der Waals surface area (Å²) >= 11 is 0. The van der Waals surface area contributed by atoms with E-state index in [0.29, 0.717) is 0 Å². The summed E-state index contributed by atoms with van der Waals surface area (Å²) in [5.41, 5.74) is 0. The van der Waals surface area contributed by atoms with Crippen LogP contribution in [0.3, 0.4) is 0 Å². The quantitative estimate of drug-likeness (QED) is 0.681. The lowest BCUT2D eigenvalue weighted by Gasteiger charge is -2.21.